The van der Waals surface area contributed by atoms with Gasteiger partial charge in [0.15, 0.2) is 0 Å². The Balaban J connectivity index is 3.01. The number of halogens is 1. The number of nitrogens with zero attached hydrogens (tertiary/aromatic N) is 1. The van der Waals surface area contributed by atoms with Crippen LogP contribution in [0.25, 0.3) is 0 Å². The molecule has 0 unspecified atom stereocenters. The lowest BCUT2D eigenvalue weighted by atomic mass is 10.2. The van der Waals surface area contributed by atoms with Crippen molar-refractivity contribution in [3.05, 3.63) is 35.4 Å². The Bertz CT molecular complexity index is 406. The molecule has 1 aliphatic heterocycles. The van der Waals surface area contributed by atoms with Crippen LogP contribution in [0.3, 0.4) is 0 Å². The molecule has 0 atom stereocenters. The van der Waals surface area contributed by atoms with Crippen LogP contribution in [0.5, 0.6) is 0 Å². The number of amides is 1. The van der Waals surface area contributed by atoms with Gasteiger partial charge in [-0.15, -0.1) is 0 Å². The van der Waals surface area contributed by atoms with Crippen LogP contribution in [0, 0.1) is 0 Å². The van der Waals surface area contributed by atoms with Crippen LogP contribution in [-0.2, 0) is 4.79 Å². The van der Waals surface area contributed by atoms with E-state index in [1.165, 1.54) is 13.0 Å². The monoisotopic (exact) mass is 266 g/mol. The third-order valence-corrected chi connectivity index (χ3v) is 3.13. The van der Waals surface area contributed by atoms with Crippen LogP contribution in [0.2, 0.25) is 0 Å². The Kier molecular flexibility index (Phi) is 6.33. The first-order valence-electron chi connectivity index (χ1n) is 6.75. The SMILES string of the molecule is CN/C(C)=C/C=C(\C=C(/C)F)N1CCCCCC1=O. The van der Waals surface area contributed by atoms with E-state index < -0.39 is 0 Å². The molecule has 1 aliphatic rings. The standard InChI is InChI=1S/C15H23FN2O/c1-12(16)11-14(9-8-13(2)17-3)18-10-6-4-5-7-15(18)19/h8-9,11,17H,4-7,10H2,1-3H3/b12-11+,13-8+,14-9+. The number of rotatable bonds is 4. The summed E-state index contributed by atoms with van der Waals surface area (Å²) in [6.45, 7) is 3.98. The van der Waals surface area contributed by atoms with Gasteiger partial charge >= 0.3 is 0 Å². The summed E-state index contributed by atoms with van der Waals surface area (Å²) in [6.07, 6.45) is 8.56. The van der Waals surface area contributed by atoms with Crippen molar-refractivity contribution in [3.8, 4) is 0 Å². The van der Waals surface area contributed by atoms with Gasteiger partial charge in [0, 0.05) is 31.4 Å². The van der Waals surface area contributed by atoms with Gasteiger partial charge in [-0.25, -0.2) is 4.39 Å². The van der Waals surface area contributed by atoms with Gasteiger partial charge in [0.25, 0.3) is 0 Å². The van der Waals surface area contributed by atoms with Crippen LogP contribution >= 0.6 is 0 Å². The molecule has 1 amide bonds. The minimum atomic E-state index is -0.293. The first-order chi connectivity index (χ1) is 9.04. The first kappa shape index (κ1) is 15.5. The average molecular weight is 266 g/mol. The lowest BCUT2D eigenvalue weighted by Crippen LogP contribution is -2.29. The van der Waals surface area contributed by atoms with Gasteiger partial charge in [-0.2, -0.15) is 0 Å². The average Bonchev–Trinajstić information content (AvgIpc) is 2.58. The van der Waals surface area contributed by atoms with E-state index in [9.17, 15) is 9.18 Å². The van der Waals surface area contributed by atoms with Crippen LogP contribution in [0.4, 0.5) is 4.39 Å². The normalized spacial score (nSPS) is 19.5. The van der Waals surface area contributed by atoms with Crippen LogP contribution in [0.1, 0.15) is 39.5 Å². The number of hydrogen-bond acceptors (Lipinski definition) is 2. The third kappa shape index (κ3) is 5.28. The number of likely N-dealkylation sites (tertiary alicyclic amines) is 1. The van der Waals surface area contributed by atoms with Gasteiger partial charge in [0.05, 0.1) is 5.83 Å². The fraction of sp³-hybridized carbons (Fsp3) is 0.533. The Morgan fingerprint density at radius 3 is 2.63 bits per heavy atom. The predicted molar refractivity (Wildman–Crippen MR) is 75.9 cm³/mol. The summed E-state index contributed by atoms with van der Waals surface area (Å²) in [5.41, 5.74) is 1.59. The largest absolute Gasteiger partial charge is 0.392 e. The molecular formula is C15H23FN2O. The summed E-state index contributed by atoms with van der Waals surface area (Å²) >= 11 is 0. The molecule has 3 nitrogen and oxygen atoms in total. The molecule has 0 aromatic heterocycles. The molecule has 106 valence electrons. The molecule has 0 saturated carbocycles. The summed E-state index contributed by atoms with van der Waals surface area (Å²) in [6, 6.07) is 0. The van der Waals surface area contributed by atoms with Crippen LogP contribution in [0.15, 0.2) is 35.4 Å². The zero-order valence-electron chi connectivity index (χ0n) is 12.0. The zero-order valence-corrected chi connectivity index (χ0v) is 12.0. The van der Waals surface area contributed by atoms with E-state index in [4.69, 9.17) is 0 Å². The van der Waals surface area contributed by atoms with E-state index in [2.05, 4.69) is 5.32 Å². The molecule has 0 radical (unpaired) electrons. The summed E-state index contributed by atoms with van der Waals surface area (Å²) < 4.78 is 13.2. The highest BCUT2D eigenvalue weighted by molar-refractivity contribution is 5.79. The van der Waals surface area contributed by atoms with Gasteiger partial charge in [-0.3, -0.25) is 4.79 Å². The van der Waals surface area contributed by atoms with E-state index in [0.717, 1.165) is 25.0 Å². The van der Waals surface area contributed by atoms with Crippen molar-refractivity contribution in [3.63, 3.8) is 0 Å². The van der Waals surface area contributed by atoms with Crippen molar-refractivity contribution in [1.82, 2.24) is 10.2 Å². The van der Waals surface area contributed by atoms with E-state index >= 15 is 0 Å². The van der Waals surface area contributed by atoms with Crippen molar-refractivity contribution in [2.75, 3.05) is 13.6 Å². The second kappa shape index (κ2) is 7.77. The topological polar surface area (TPSA) is 32.3 Å². The predicted octanol–water partition coefficient (Wildman–Crippen LogP) is 3.27. The fourth-order valence-corrected chi connectivity index (χ4v) is 1.97. The third-order valence-electron chi connectivity index (χ3n) is 3.13. The van der Waals surface area contributed by atoms with E-state index in [0.29, 0.717) is 18.7 Å². The quantitative estimate of drug-likeness (QED) is 0.792. The summed E-state index contributed by atoms with van der Waals surface area (Å²) in [7, 11) is 1.83. The van der Waals surface area contributed by atoms with Gasteiger partial charge in [-0.05, 0) is 44.9 Å². The molecule has 1 saturated heterocycles. The maximum Gasteiger partial charge on any atom is 0.226 e. The maximum absolute atomic E-state index is 13.2. The highest BCUT2D eigenvalue weighted by atomic mass is 19.1. The molecule has 4 heteroatoms. The lowest BCUT2D eigenvalue weighted by molar-refractivity contribution is -0.128. The molecule has 19 heavy (non-hydrogen) atoms. The van der Waals surface area contributed by atoms with Crippen molar-refractivity contribution in [1.29, 1.82) is 0 Å². The Hall–Kier alpha value is -1.58. The van der Waals surface area contributed by atoms with Gasteiger partial charge < -0.3 is 10.2 Å². The molecule has 1 rings (SSSR count). The highest BCUT2D eigenvalue weighted by Gasteiger charge is 2.18. The second-order valence-electron chi connectivity index (χ2n) is 4.78. The molecule has 0 aliphatic carbocycles. The number of hydrogen-bond donors (Lipinski definition) is 1. The molecule has 0 bridgehead atoms. The molecule has 1 heterocycles. The Labute approximate surface area is 114 Å². The zero-order chi connectivity index (χ0) is 14.3. The first-order valence-corrected chi connectivity index (χ1v) is 6.75. The maximum atomic E-state index is 13.2. The fourth-order valence-electron chi connectivity index (χ4n) is 1.97. The second-order valence-corrected chi connectivity index (χ2v) is 4.78. The van der Waals surface area contributed by atoms with Gasteiger partial charge in [-0.1, -0.05) is 6.42 Å². The summed E-state index contributed by atoms with van der Waals surface area (Å²) in [4.78, 5) is 13.7. The van der Waals surface area contributed by atoms with Crippen LogP contribution < -0.4 is 5.32 Å². The lowest BCUT2D eigenvalue weighted by Gasteiger charge is -2.21. The summed E-state index contributed by atoms with van der Waals surface area (Å²) in [5.74, 6) is -0.212. The molecule has 1 N–H and O–H groups in total. The molecule has 1 fully saturated rings. The minimum Gasteiger partial charge on any atom is -0.392 e. The van der Waals surface area contributed by atoms with Crippen molar-refractivity contribution < 1.29 is 9.18 Å². The summed E-state index contributed by atoms with van der Waals surface area (Å²) in [5, 5.41) is 3.00. The minimum absolute atomic E-state index is 0.0803. The van der Waals surface area contributed by atoms with Crippen molar-refractivity contribution >= 4 is 5.91 Å². The number of nitrogens with one attached hydrogen (secondary N) is 1. The highest BCUT2D eigenvalue weighted by Crippen LogP contribution is 2.18. The molecule has 0 aromatic rings. The van der Waals surface area contributed by atoms with Gasteiger partial charge in [0.1, 0.15) is 0 Å². The smallest absolute Gasteiger partial charge is 0.226 e. The number of carbonyl (C=O) groups excluding carboxylic acids is 1. The van der Waals surface area contributed by atoms with Gasteiger partial charge in [0.2, 0.25) is 5.91 Å². The molecule has 0 spiro atoms. The van der Waals surface area contributed by atoms with E-state index in [-0.39, 0.29) is 11.7 Å². The number of carbonyl (C=O) groups is 1. The Morgan fingerprint density at radius 1 is 1.26 bits per heavy atom. The number of allylic oxidation sites excluding steroid dienone is 5. The van der Waals surface area contributed by atoms with E-state index in [1.807, 2.05) is 20.0 Å². The van der Waals surface area contributed by atoms with E-state index in [1.54, 1.807) is 11.0 Å². The van der Waals surface area contributed by atoms with Crippen LogP contribution in [-0.4, -0.2) is 24.4 Å². The van der Waals surface area contributed by atoms with Crippen molar-refractivity contribution in [2.24, 2.45) is 0 Å². The molecular weight excluding hydrogens is 243 g/mol. The Morgan fingerprint density at radius 2 is 2.00 bits per heavy atom. The molecule has 0 aromatic carbocycles. The van der Waals surface area contributed by atoms with Crippen molar-refractivity contribution in [2.45, 2.75) is 39.5 Å².